The number of nitrogens with zero attached hydrogens (tertiary/aromatic N) is 1. The van der Waals surface area contributed by atoms with Crippen LogP contribution in [0.5, 0.6) is 5.75 Å². The Morgan fingerprint density at radius 2 is 1.39 bits per heavy atom. The van der Waals surface area contributed by atoms with Crippen molar-refractivity contribution in [2.45, 2.75) is 72.4 Å². The van der Waals surface area contributed by atoms with Gasteiger partial charge in [-0.25, -0.2) is 4.98 Å². The Labute approximate surface area is 348 Å². The number of fused-ring (bicyclic) bond motifs is 1. The van der Waals surface area contributed by atoms with Gasteiger partial charge in [0.05, 0.1) is 58.7 Å². The molecule has 2 amide bonds. The number of hydrogen-bond donors (Lipinski definition) is 4. The van der Waals surface area contributed by atoms with Crippen molar-refractivity contribution in [2.75, 3.05) is 71.3 Å². The Kier molecular flexibility index (Phi) is 19.6. The van der Waals surface area contributed by atoms with Crippen molar-refractivity contribution in [3.63, 3.8) is 0 Å². The van der Waals surface area contributed by atoms with Crippen LogP contribution in [0.3, 0.4) is 0 Å². The van der Waals surface area contributed by atoms with Gasteiger partial charge < -0.3 is 44.7 Å². The van der Waals surface area contributed by atoms with Crippen LogP contribution in [0, 0.1) is 12.3 Å². The maximum absolute atomic E-state index is 13.1. The number of pyridine rings is 1. The second-order valence-electron chi connectivity index (χ2n) is 15.6. The zero-order valence-corrected chi connectivity index (χ0v) is 35.2. The number of carboxylic acids is 1. The Morgan fingerprint density at radius 3 is 2.02 bits per heavy atom. The van der Waals surface area contributed by atoms with Gasteiger partial charge in [0.25, 0.3) is 0 Å². The first-order chi connectivity index (χ1) is 28.4. The number of nitrogens with one attached hydrogen (secondary N) is 3. The van der Waals surface area contributed by atoms with E-state index in [-0.39, 0.29) is 24.2 Å². The van der Waals surface area contributed by atoms with Crippen LogP contribution < -0.4 is 20.7 Å². The summed E-state index contributed by atoms with van der Waals surface area (Å²) < 4.78 is 28.6. The normalized spacial score (nSPS) is 12.5. The van der Waals surface area contributed by atoms with Crippen LogP contribution >= 0.6 is 0 Å². The molecule has 0 saturated heterocycles. The van der Waals surface area contributed by atoms with Crippen LogP contribution in [0.1, 0.15) is 70.5 Å². The minimum absolute atomic E-state index is 0.218. The van der Waals surface area contributed by atoms with Crippen molar-refractivity contribution < 1.29 is 43.2 Å². The van der Waals surface area contributed by atoms with Gasteiger partial charge in [0.2, 0.25) is 11.8 Å². The quantitative estimate of drug-likeness (QED) is 0.0453. The van der Waals surface area contributed by atoms with Gasteiger partial charge in [0.15, 0.2) is 0 Å². The molecular formula is C46H62N4O9. The average molecular weight is 815 g/mol. The highest BCUT2D eigenvalue weighted by atomic mass is 16.6. The van der Waals surface area contributed by atoms with Crippen molar-refractivity contribution >= 4 is 34.4 Å². The number of carboxylic acid groups (broad SMARTS) is 1. The molecule has 0 fully saturated rings. The van der Waals surface area contributed by atoms with Crippen LogP contribution in [0.15, 0.2) is 79.0 Å². The fourth-order valence-electron chi connectivity index (χ4n) is 6.10. The number of benzene rings is 3. The molecule has 4 rings (SSSR count). The second kappa shape index (κ2) is 24.8. The molecule has 0 spiro atoms. The van der Waals surface area contributed by atoms with Gasteiger partial charge in [-0.3, -0.25) is 14.4 Å². The van der Waals surface area contributed by atoms with Crippen molar-refractivity contribution in [1.29, 1.82) is 0 Å². The molecular weight excluding hydrogens is 753 g/mol. The molecule has 4 aromatic rings. The lowest BCUT2D eigenvalue weighted by Crippen LogP contribution is -2.46. The molecule has 0 aliphatic carbocycles. The van der Waals surface area contributed by atoms with Crippen LogP contribution in [0.4, 0.5) is 5.82 Å². The van der Waals surface area contributed by atoms with Gasteiger partial charge in [-0.05, 0) is 77.9 Å². The highest BCUT2D eigenvalue weighted by Gasteiger charge is 2.23. The zero-order valence-electron chi connectivity index (χ0n) is 35.2. The molecule has 2 atom stereocenters. The molecule has 0 unspecified atom stereocenters. The van der Waals surface area contributed by atoms with E-state index in [1.807, 2.05) is 79.7 Å². The first kappa shape index (κ1) is 46.6. The predicted octanol–water partition coefficient (Wildman–Crippen LogP) is 7.12. The minimum atomic E-state index is -1.06. The first-order valence-electron chi connectivity index (χ1n) is 20.4. The van der Waals surface area contributed by atoms with E-state index < -0.39 is 24.0 Å². The van der Waals surface area contributed by atoms with E-state index in [0.717, 1.165) is 52.1 Å². The minimum Gasteiger partial charge on any atom is -0.491 e. The number of carbonyl (C=O) groups excluding carboxylic acids is 2. The molecule has 13 nitrogen and oxygen atoms in total. The van der Waals surface area contributed by atoms with Crippen molar-refractivity contribution in [3.8, 4) is 16.9 Å². The van der Waals surface area contributed by atoms with Crippen molar-refractivity contribution in [3.05, 3.63) is 90.1 Å². The standard InChI is InChI=1S/C46H62N4O9/c1-33-18-21-48-42(31-33)47-20-8-11-43(51)49-34(2)45(54)50-40(32-44(52)53)36-14-12-35(13-15-36)37-16-17-41(39-10-7-6-9-38(37)39)59-30-29-58-28-27-57-26-25-56-24-23-55-22-19-46(3,4)5/h6-7,9-10,12-18,21,31,34,40H,8,11,19-20,22-30,32H2,1-5H3,(H,47,48)(H,49,51)(H,50,54)(H,52,53)/t34-,40-/m0/s1. The van der Waals surface area contributed by atoms with E-state index in [2.05, 4.69) is 41.7 Å². The van der Waals surface area contributed by atoms with Gasteiger partial charge in [-0.15, -0.1) is 0 Å². The Bertz CT molecular complexity index is 1900. The summed E-state index contributed by atoms with van der Waals surface area (Å²) in [5, 5.41) is 20.3. The molecule has 13 heteroatoms. The highest BCUT2D eigenvalue weighted by Crippen LogP contribution is 2.35. The molecule has 1 heterocycles. The number of carbonyl (C=O) groups is 3. The first-order valence-corrected chi connectivity index (χ1v) is 20.4. The lowest BCUT2D eigenvalue weighted by molar-refractivity contribution is -0.138. The summed E-state index contributed by atoms with van der Waals surface area (Å²) in [4.78, 5) is 41.8. The van der Waals surface area contributed by atoms with Gasteiger partial charge in [0, 0.05) is 31.2 Å². The number of aryl methyl sites for hydroxylation is 1. The summed E-state index contributed by atoms with van der Waals surface area (Å²) in [6.45, 7) is 15.3. The molecule has 0 aliphatic heterocycles. The van der Waals surface area contributed by atoms with Gasteiger partial charge in [0.1, 0.15) is 24.2 Å². The summed E-state index contributed by atoms with van der Waals surface area (Å²) in [6.07, 6.45) is 3.19. The molecule has 1 aromatic heterocycles. The maximum atomic E-state index is 13.1. The predicted molar refractivity (Wildman–Crippen MR) is 230 cm³/mol. The number of amides is 2. The molecule has 3 aromatic carbocycles. The largest absolute Gasteiger partial charge is 0.491 e. The van der Waals surface area contributed by atoms with Gasteiger partial charge >= 0.3 is 5.97 Å². The lowest BCUT2D eigenvalue weighted by Gasteiger charge is -2.21. The van der Waals surface area contributed by atoms with E-state index >= 15 is 0 Å². The molecule has 59 heavy (non-hydrogen) atoms. The van der Waals surface area contributed by atoms with Crippen LogP contribution in [0.25, 0.3) is 21.9 Å². The summed E-state index contributed by atoms with van der Waals surface area (Å²) in [6, 6.07) is 21.6. The average Bonchev–Trinajstić information content (AvgIpc) is 3.20. The lowest BCUT2D eigenvalue weighted by atomic mass is 9.93. The van der Waals surface area contributed by atoms with E-state index in [4.69, 9.17) is 23.7 Å². The van der Waals surface area contributed by atoms with Crippen LogP contribution in [0.2, 0.25) is 0 Å². The van der Waals surface area contributed by atoms with E-state index in [1.54, 1.807) is 13.1 Å². The van der Waals surface area contributed by atoms with Gasteiger partial charge in [-0.1, -0.05) is 75.4 Å². The SMILES string of the molecule is Cc1ccnc(NCCCC(=O)N[C@@H](C)C(=O)N[C@@H](CC(=O)O)c2ccc(-c3ccc(OCCOCCOCCOCCOCCC(C)(C)C)c4ccccc34)cc2)c1. The summed E-state index contributed by atoms with van der Waals surface area (Å²) in [7, 11) is 0. The Hall–Kier alpha value is -5.08. The number of rotatable bonds is 27. The summed E-state index contributed by atoms with van der Waals surface area (Å²) in [5.74, 6) is -0.324. The number of ether oxygens (including phenoxy) is 5. The van der Waals surface area contributed by atoms with Crippen molar-refractivity contribution in [1.82, 2.24) is 15.6 Å². The molecule has 0 saturated carbocycles. The number of aromatic nitrogens is 1. The van der Waals surface area contributed by atoms with E-state index in [1.165, 1.54) is 0 Å². The summed E-state index contributed by atoms with van der Waals surface area (Å²) >= 11 is 0. The number of aliphatic carboxylic acids is 1. The Morgan fingerprint density at radius 1 is 0.763 bits per heavy atom. The molecule has 0 radical (unpaired) electrons. The highest BCUT2D eigenvalue weighted by molar-refractivity contribution is 6.00. The molecule has 0 aliphatic rings. The third-order valence-corrected chi connectivity index (χ3v) is 9.37. The van der Waals surface area contributed by atoms with Crippen molar-refractivity contribution in [2.24, 2.45) is 5.41 Å². The topological polar surface area (TPSA) is 167 Å². The summed E-state index contributed by atoms with van der Waals surface area (Å²) in [5.41, 5.74) is 3.89. The molecule has 320 valence electrons. The number of anilines is 1. The monoisotopic (exact) mass is 814 g/mol. The van der Waals surface area contributed by atoms with Crippen LogP contribution in [-0.2, 0) is 33.3 Å². The fourth-order valence-corrected chi connectivity index (χ4v) is 6.10. The van der Waals surface area contributed by atoms with Gasteiger partial charge in [-0.2, -0.15) is 0 Å². The third-order valence-electron chi connectivity index (χ3n) is 9.37. The Balaban J connectivity index is 1.20. The third kappa shape index (κ3) is 17.4. The second-order valence-corrected chi connectivity index (χ2v) is 15.6. The maximum Gasteiger partial charge on any atom is 0.305 e. The molecule has 4 N–H and O–H groups in total. The van der Waals surface area contributed by atoms with Crippen LogP contribution in [-0.4, -0.2) is 99.9 Å². The smallest absolute Gasteiger partial charge is 0.305 e. The number of hydrogen-bond acceptors (Lipinski definition) is 10. The zero-order chi connectivity index (χ0) is 42.5. The van der Waals surface area contributed by atoms with E-state index in [0.29, 0.717) is 71.4 Å². The van der Waals surface area contributed by atoms with E-state index in [9.17, 15) is 19.5 Å². The molecule has 0 bridgehead atoms. The fraction of sp³-hybridized carbons (Fsp3) is 0.478.